The Morgan fingerprint density at radius 1 is 1.15 bits per heavy atom. The summed E-state index contributed by atoms with van der Waals surface area (Å²) < 4.78 is 4.98. The topological polar surface area (TPSA) is 99.8 Å². The molecule has 3 N–H and O–H groups in total. The van der Waals surface area contributed by atoms with E-state index in [1.807, 2.05) is 6.92 Å². The highest BCUT2D eigenvalue weighted by Crippen LogP contribution is 2.32. The Labute approximate surface area is 201 Å². The molecule has 0 aliphatic carbocycles. The van der Waals surface area contributed by atoms with Crippen molar-refractivity contribution in [2.24, 2.45) is 0 Å². The molecule has 4 amide bonds. The fraction of sp³-hybridized carbons (Fsp3) is 0.261. The number of carbonyl (C=O) groups is 3. The summed E-state index contributed by atoms with van der Waals surface area (Å²) in [4.78, 5) is 39.3. The van der Waals surface area contributed by atoms with Crippen LogP contribution in [0, 0.1) is 0 Å². The number of anilines is 2. The van der Waals surface area contributed by atoms with Gasteiger partial charge < -0.3 is 20.7 Å². The van der Waals surface area contributed by atoms with Crippen LogP contribution in [-0.2, 0) is 9.53 Å². The maximum Gasteiger partial charge on any atom is 0.337 e. The van der Waals surface area contributed by atoms with Crippen LogP contribution in [0.1, 0.15) is 31.9 Å². The first kappa shape index (κ1) is 24.4. The Bertz CT molecular complexity index is 1120. The zero-order chi connectivity index (χ0) is 24.1. The second kappa shape index (κ2) is 10.6. The molecule has 0 aromatic heterocycles. The van der Waals surface area contributed by atoms with E-state index in [-0.39, 0.29) is 6.03 Å². The fourth-order valence-corrected chi connectivity index (χ4v) is 4.03. The molecule has 0 radical (unpaired) electrons. The van der Waals surface area contributed by atoms with Gasteiger partial charge in [-0.1, -0.05) is 42.3 Å². The van der Waals surface area contributed by atoms with Gasteiger partial charge in [0, 0.05) is 23.0 Å². The summed E-state index contributed by atoms with van der Waals surface area (Å²) >= 11 is 12.0. The third-order valence-electron chi connectivity index (χ3n) is 5.11. The van der Waals surface area contributed by atoms with Crippen molar-refractivity contribution < 1.29 is 19.1 Å². The van der Waals surface area contributed by atoms with E-state index >= 15 is 0 Å². The maximum atomic E-state index is 12.7. The first-order valence-electron chi connectivity index (χ1n) is 10.2. The SMILES string of the molecule is CCCN1C(=O)N[C@@H](c2cccc(NC(=O)Nc3ccc(Cl)cc3Cl)c2)C(C(=O)OC)=C1C. The minimum Gasteiger partial charge on any atom is -0.466 e. The molecule has 0 fully saturated rings. The van der Waals surface area contributed by atoms with Gasteiger partial charge in [0.15, 0.2) is 0 Å². The van der Waals surface area contributed by atoms with Crippen LogP contribution in [-0.4, -0.2) is 36.6 Å². The van der Waals surface area contributed by atoms with E-state index in [1.165, 1.54) is 18.1 Å². The van der Waals surface area contributed by atoms with Crippen molar-refractivity contribution >= 4 is 52.6 Å². The summed E-state index contributed by atoms with van der Waals surface area (Å²) in [5.41, 5.74) is 2.34. The molecule has 1 aliphatic heterocycles. The van der Waals surface area contributed by atoms with Crippen molar-refractivity contribution in [1.82, 2.24) is 10.2 Å². The van der Waals surface area contributed by atoms with Gasteiger partial charge in [-0.15, -0.1) is 0 Å². The molecule has 8 nitrogen and oxygen atoms in total. The van der Waals surface area contributed by atoms with Crippen LogP contribution in [0.15, 0.2) is 53.7 Å². The Hall–Kier alpha value is -3.23. The molecule has 2 aromatic carbocycles. The normalized spacial score (nSPS) is 15.7. The van der Waals surface area contributed by atoms with Crippen molar-refractivity contribution in [1.29, 1.82) is 0 Å². The summed E-state index contributed by atoms with van der Waals surface area (Å²) in [7, 11) is 1.30. The predicted octanol–water partition coefficient (Wildman–Crippen LogP) is 5.56. The third-order valence-corrected chi connectivity index (χ3v) is 5.65. The van der Waals surface area contributed by atoms with Crippen molar-refractivity contribution in [2.45, 2.75) is 26.3 Å². The summed E-state index contributed by atoms with van der Waals surface area (Å²) in [5, 5.41) is 9.00. The standard InChI is InChI=1S/C23H24Cl2N4O4/c1-4-10-29-13(2)19(21(30)33-3)20(28-23(29)32)14-6-5-7-16(11-14)26-22(31)27-18-9-8-15(24)12-17(18)25/h5-9,11-12,20H,4,10H2,1-3H3,(H,28,32)(H2,26,27,31)/t20-/m0/s1. The zero-order valence-electron chi connectivity index (χ0n) is 18.4. The summed E-state index contributed by atoms with van der Waals surface area (Å²) in [6, 6.07) is 10.0. The molecular formula is C23H24Cl2N4O4. The lowest BCUT2D eigenvalue weighted by molar-refractivity contribution is -0.136. The largest absolute Gasteiger partial charge is 0.466 e. The van der Waals surface area contributed by atoms with Crippen LogP contribution in [0.2, 0.25) is 10.0 Å². The van der Waals surface area contributed by atoms with Crippen molar-refractivity contribution in [2.75, 3.05) is 24.3 Å². The van der Waals surface area contributed by atoms with Gasteiger partial charge >= 0.3 is 18.0 Å². The monoisotopic (exact) mass is 490 g/mol. The highest BCUT2D eigenvalue weighted by Gasteiger charge is 2.36. The molecule has 3 rings (SSSR count). The average Bonchev–Trinajstić information content (AvgIpc) is 2.78. The van der Waals surface area contributed by atoms with E-state index in [9.17, 15) is 14.4 Å². The van der Waals surface area contributed by atoms with E-state index in [1.54, 1.807) is 43.3 Å². The smallest absolute Gasteiger partial charge is 0.337 e. The number of hydrogen-bond acceptors (Lipinski definition) is 4. The number of halogens is 2. The van der Waals surface area contributed by atoms with Gasteiger partial charge in [-0.25, -0.2) is 14.4 Å². The van der Waals surface area contributed by atoms with E-state index in [2.05, 4.69) is 16.0 Å². The lowest BCUT2D eigenvalue weighted by Gasteiger charge is -2.35. The van der Waals surface area contributed by atoms with E-state index in [4.69, 9.17) is 27.9 Å². The number of carbonyl (C=O) groups excluding carboxylic acids is 3. The molecule has 174 valence electrons. The number of ether oxygens (including phenoxy) is 1. The summed E-state index contributed by atoms with van der Waals surface area (Å²) in [6.45, 7) is 4.14. The number of nitrogens with one attached hydrogen (secondary N) is 3. The molecule has 10 heteroatoms. The number of nitrogens with zero attached hydrogens (tertiary/aromatic N) is 1. The van der Waals surface area contributed by atoms with Crippen molar-refractivity contribution in [3.63, 3.8) is 0 Å². The zero-order valence-corrected chi connectivity index (χ0v) is 19.9. The number of benzene rings is 2. The second-order valence-electron chi connectivity index (χ2n) is 7.35. The van der Waals surface area contributed by atoms with Crippen LogP contribution < -0.4 is 16.0 Å². The molecule has 1 aliphatic rings. The van der Waals surface area contributed by atoms with E-state index in [0.717, 1.165) is 6.42 Å². The number of amides is 4. The van der Waals surface area contributed by atoms with E-state index in [0.29, 0.717) is 44.8 Å². The molecule has 0 spiro atoms. The van der Waals surface area contributed by atoms with Crippen molar-refractivity contribution in [3.05, 3.63) is 69.3 Å². The average molecular weight is 491 g/mol. The van der Waals surface area contributed by atoms with Gasteiger partial charge in [-0.3, -0.25) is 4.90 Å². The second-order valence-corrected chi connectivity index (χ2v) is 8.20. The number of esters is 1. The minimum atomic E-state index is -0.728. The van der Waals surface area contributed by atoms with Gasteiger partial charge in [0.1, 0.15) is 0 Å². The number of rotatable bonds is 6. The van der Waals surface area contributed by atoms with E-state index < -0.39 is 18.0 Å². The molecule has 0 saturated heterocycles. The minimum absolute atomic E-state index is 0.302. The predicted molar refractivity (Wildman–Crippen MR) is 129 cm³/mol. The van der Waals surface area contributed by atoms with Crippen LogP contribution >= 0.6 is 23.2 Å². The molecular weight excluding hydrogens is 467 g/mol. The quantitative estimate of drug-likeness (QED) is 0.461. The fourth-order valence-electron chi connectivity index (χ4n) is 3.57. The van der Waals surface area contributed by atoms with Gasteiger partial charge in [0.25, 0.3) is 0 Å². The van der Waals surface area contributed by atoms with Gasteiger partial charge in [0.05, 0.1) is 29.4 Å². The summed E-state index contributed by atoms with van der Waals surface area (Å²) in [5.74, 6) is -0.535. The first-order valence-corrected chi connectivity index (χ1v) is 11.0. The molecule has 1 atom stereocenters. The van der Waals surface area contributed by atoms with Crippen LogP contribution in [0.3, 0.4) is 0 Å². The number of hydrogen-bond donors (Lipinski definition) is 3. The molecule has 0 unspecified atom stereocenters. The summed E-state index contributed by atoms with van der Waals surface area (Å²) in [6.07, 6.45) is 0.732. The molecule has 1 heterocycles. The van der Waals surface area contributed by atoms with Crippen LogP contribution in [0.5, 0.6) is 0 Å². The maximum absolute atomic E-state index is 12.7. The highest BCUT2D eigenvalue weighted by molar-refractivity contribution is 6.36. The third kappa shape index (κ3) is 5.58. The Kier molecular flexibility index (Phi) is 7.84. The number of allylic oxidation sites excluding steroid dienone is 1. The van der Waals surface area contributed by atoms with Crippen LogP contribution in [0.4, 0.5) is 21.0 Å². The molecule has 0 bridgehead atoms. The van der Waals surface area contributed by atoms with Gasteiger partial charge in [-0.05, 0) is 49.2 Å². The lowest BCUT2D eigenvalue weighted by atomic mass is 9.94. The Balaban J connectivity index is 1.86. The highest BCUT2D eigenvalue weighted by atomic mass is 35.5. The first-order chi connectivity index (χ1) is 15.7. The Morgan fingerprint density at radius 2 is 1.91 bits per heavy atom. The van der Waals surface area contributed by atoms with Crippen molar-refractivity contribution in [3.8, 4) is 0 Å². The number of methoxy groups -OCH3 is 1. The number of urea groups is 2. The molecule has 0 saturated carbocycles. The van der Waals surface area contributed by atoms with Crippen LogP contribution in [0.25, 0.3) is 0 Å². The van der Waals surface area contributed by atoms with Gasteiger partial charge in [0.2, 0.25) is 0 Å². The van der Waals surface area contributed by atoms with Gasteiger partial charge in [-0.2, -0.15) is 0 Å². The Morgan fingerprint density at radius 3 is 2.58 bits per heavy atom. The molecule has 2 aromatic rings. The molecule has 33 heavy (non-hydrogen) atoms. The lowest BCUT2D eigenvalue weighted by Crippen LogP contribution is -2.48.